The SMILES string of the molecule is O=C(NCc1ccc(Cl)cc1Cl)C1CCN(Cc2nc(-c3ccccc3Cl)no2)CC1. The van der Waals surface area contributed by atoms with Crippen molar-refractivity contribution in [2.24, 2.45) is 5.92 Å². The molecule has 1 aromatic heterocycles. The van der Waals surface area contributed by atoms with Gasteiger partial charge in [-0.3, -0.25) is 9.69 Å². The molecule has 9 heteroatoms. The quantitative estimate of drug-likeness (QED) is 0.524. The number of benzene rings is 2. The highest BCUT2D eigenvalue weighted by molar-refractivity contribution is 6.35. The van der Waals surface area contributed by atoms with Crippen molar-refractivity contribution < 1.29 is 9.32 Å². The zero-order valence-electron chi connectivity index (χ0n) is 16.7. The zero-order valence-corrected chi connectivity index (χ0v) is 18.9. The Hall–Kier alpha value is -2.12. The molecule has 0 spiro atoms. The number of rotatable bonds is 6. The van der Waals surface area contributed by atoms with Gasteiger partial charge in [-0.1, -0.05) is 58.2 Å². The van der Waals surface area contributed by atoms with E-state index in [1.807, 2.05) is 24.3 Å². The van der Waals surface area contributed by atoms with Crippen molar-refractivity contribution in [2.75, 3.05) is 13.1 Å². The van der Waals surface area contributed by atoms with E-state index in [-0.39, 0.29) is 11.8 Å². The standard InChI is InChI=1S/C22H21Cl3N4O2/c23-16-6-5-15(19(25)11-16)12-26-22(30)14-7-9-29(10-8-14)13-20-27-21(28-31-20)17-3-1-2-4-18(17)24/h1-6,11,14H,7-10,12-13H2,(H,26,30). The lowest BCUT2D eigenvalue weighted by Gasteiger charge is -2.30. The van der Waals surface area contributed by atoms with E-state index in [1.165, 1.54) is 0 Å². The smallest absolute Gasteiger partial charge is 0.241 e. The van der Waals surface area contributed by atoms with Crippen molar-refractivity contribution in [3.63, 3.8) is 0 Å². The zero-order chi connectivity index (χ0) is 21.8. The molecule has 0 unspecified atom stereocenters. The van der Waals surface area contributed by atoms with E-state index in [9.17, 15) is 4.79 Å². The van der Waals surface area contributed by atoms with Gasteiger partial charge in [-0.2, -0.15) is 4.98 Å². The second kappa shape index (κ2) is 10.0. The summed E-state index contributed by atoms with van der Waals surface area (Å²) in [4.78, 5) is 19.2. The summed E-state index contributed by atoms with van der Waals surface area (Å²) in [5.74, 6) is 1.04. The number of aromatic nitrogens is 2. The van der Waals surface area contributed by atoms with Gasteiger partial charge in [0.2, 0.25) is 17.6 Å². The lowest BCUT2D eigenvalue weighted by atomic mass is 9.96. The van der Waals surface area contributed by atoms with E-state index >= 15 is 0 Å². The fourth-order valence-corrected chi connectivity index (χ4v) is 4.30. The molecular formula is C22H21Cl3N4O2. The Morgan fingerprint density at radius 1 is 1.10 bits per heavy atom. The van der Waals surface area contributed by atoms with Crippen molar-refractivity contribution in [3.05, 3.63) is 69.0 Å². The lowest BCUT2D eigenvalue weighted by molar-refractivity contribution is -0.126. The number of hydrogen-bond donors (Lipinski definition) is 1. The monoisotopic (exact) mass is 478 g/mol. The number of nitrogens with one attached hydrogen (secondary N) is 1. The Morgan fingerprint density at radius 2 is 1.87 bits per heavy atom. The molecule has 31 heavy (non-hydrogen) atoms. The van der Waals surface area contributed by atoms with E-state index in [4.69, 9.17) is 39.3 Å². The van der Waals surface area contributed by atoms with Gasteiger partial charge in [0.25, 0.3) is 0 Å². The van der Waals surface area contributed by atoms with E-state index in [0.29, 0.717) is 39.9 Å². The average molecular weight is 480 g/mol. The van der Waals surface area contributed by atoms with Crippen molar-refractivity contribution in [1.82, 2.24) is 20.4 Å². The Kier molecular flexibility index (Phi) is 7.13. The van der Waals surface area contributed by atoms with Gasteiger partial charge in [0.05, 0.1) is 11.6 Å². The number of piperidine rings is 1. The van der Waals surface area contributed by atoms with E-state index in [2.05, 4.69) is 20.4 Å². The fraction of sp³-hybridized carbons (Fsp3) is 0.318. The van der Waals surface area contributed by atoms with Crippen LogP contribution in [0.4, 0.5) is 0 Å². The third-order valence-electron chi connectivity index (χ3n) is 5.37. The summed E-state index contributed by atoms with van der Waals surface area (Å²) in [6, 6.07) is 12.7. The summed E-state index contributed by atoms with van der Waals surface area (Å²) >= 11 is 18.3. The second-order valence-corrected chi connectivity index (χ2v) is 8.75. The molecule has 162 valence electrons. The Morgan fingerprint density at radius 3 is 2.61 bits per heavy atom. The maximum absolute atomic E-state index is 12.6. The first kappa shape index (κ1) is 22.1. The van der Waals surface area contributed by atoms with Crippen molar-refractivity contribution in [3.8, 4) is 11.4 Å². The third-order valence-corrected chi connectivity index (χ3v) is 6.28. The molecule has 1 N–H and O–H groups in total. The van der Waals surface area contributed by atoms with E-state index in [1.54, 1.807) is 18.2 Å². The Bertz CT molecular complexity index is 1060. The summed E-state index contributed by atoms with van der Waals surface area (Å²) in [6.45, 7) is 2.50. The molecule has 0 radical (unpaired) electrons. The van der Waals surface area contributed by atoms with Crippen molar-refractivity contribution >= 4 is 40.7 Å². The molecule has 1 aliphatic heterocycles. The number of likely N-dealkylation sites (tertiary alicyclic amines) is 1. The summed E-state index contributed by atoms with van der Waals surface area (Å²) < 4.78 is 5.40. The molecular weight excluding hydrogens is 459 g/mol. The van der Waals surface area contributed by atoms with Crippen LogP contribution in [0.1, 0.15) is 24.3 Å². The van der Waals surface area contributed by atoms with Crippen LogP contribution in [0.25, 0.3) is 11.4 Å². The number of nitrogens with zero attached hydrogens (tertiary/aromatic N) is 3. The molecule has 0 aliphatic carbocycles. The minimum absolute atomic E-state index is 0.0244. The first-order valence-electron chi connectivity index (χ1n) is 10.0. The Balaban J connectivity index is 1.26. The first-order chi connectivity index (χ1) is 15.0. The highest BCUT2D eigenvalue weighted by atomic mass is 35.5. The number of amides is 1. The first-order valence-corrected chi connectivity index (χ1v) is 11.1. The molecule has 6 nitrogen and oxygen atoms in total. The van der Waals surface area contributed by atoms with Gasteiger partial charge >= 0.3 is 0 Å². The van der Waals surface area contributed by atoms with Gasteiger partial charge < -0.3 is 9.84 Å². The van der Waals surface area contributed by atoms with Crippen LogP contribution in [-0.4, -0.2) is 34.0 Å². The maximum atomic E-state index is 12.6. The van der Waals surface area contributed by atoms with Crippen LogP contribution in [0.15, 0.2) is 47.0 Å². The topological polar surface area (TPSA) is 71.3 Å². The Labute approximate surface area is 195 Å². The predicted molar refractivity (Wildman–Crippen MR) is 121 cm³/mol. The molecule has 0 bridgehead atoms. The fourth-order valence-electron chi connectivity index (χ4n) is 3.61. The molecule has 1 aliphatic rings. The van der Waals surface area contributed by atoms with Crippen molar-refractivity contribution in [2.45, 2.75) is 25.9 Å². The molecule has 2 aromatic carbocycles. The number of carbonyl (C=O) groups excluding carboxylic acids is 1. The molecule has 1 saturated heterocycles. The van der Waals surface area contributed by atoms with Crippen LogP contribution < -0.4 is 5.32 Å². The lowest BCUT2D eigenvalue weighted by Crippen LogP contribution is -2.40. The minimum Gasteiger partial charge on any atom is -0.352 e. The summed E-state index contributed by atoms with van der Waals surface area (Å²) in [7, 11) is 0. The van der Waals surface area contributed by atoms with Crippen molar-refractivity contribution in [1.29, 1.82) is 0 Å². The van der Waals surface area contributed by atoms with Gasteiger partial charge in [0.15, 0.2) is 0 Å². The normalized spacial score (nSPS) is 15.2. The molecule has 0 saturated carbocycles. The number of halogens is 3. The largest absolute Gasteiger partial charge is 0.352 e. The van der Waals surface area contributed by atoms with Crippen LogP contribution in [-0.2, 0) is 17.9 Å². The minimum atomic E-state index is -0.0244. The summed E-state index contributed by atoms with van der Waals surface area (Å²) in [6.07, 6.45) is 1.54. The van der Waals surface area contributed by atoms with Crippen LogP contribution in [0.3, 0.4) is 0 Å². The van der Waals surface area contributed by atoms with Gasteiger partial charge in [0, 0.05) is 28.1 Å². The molecule has 0 atom stereocenters. The highest BCUT2D eigenvalue weighted by Gasteiger charge is 2.26. The molecule has 2 heterocycles. The average Bonchev–Trinajstić information content (AvgIpc) is 3.22. The molecule has 4 rings (SSSR count). The molecule has 3 aromatic rings. The van der Waals surface area contributed by atoms with Gasteiger partial charge in [-0.05, 0) is 55.8 Å². The van der Waals surface area contributed by atoms with Gasteiger partial charge in [-0.15, -0.1) is 0 Å². The molecule has 1 amide bonds. The number of hydrogen-bond acceptors (Lipinski definition) is 5. The molecule has 1 fully saturated rings. The maximum Gasteiger partial charge on any atom is 0.241 e. The number of carbonyl (C=O) groups is 1. The highest BCUT2D eigenvalue weighted by Crippen LogP contribution is 2.26. The third kappa shape index (κ3) is 5.57. The van der Waals surface area contributed by atoms with Gasteiger partial charge in [0.1, 0.15) is 0 Å². The van der Waals surface area contributed by atoms with E-state index < -0.39 is 0 Å². The summed E-state index contributed by atoms with van der Waals surface area (Å²) in [5.41, 5.74) is 1.60. The second-order valence-electron chi connectivity index (χ2n) is 7.50. The van der Waals surface area contributed by atoms with E-state index in [0.717, 1.165) is 37.1 Å². The van der Waals surface area contributed by atoms with Crippen LogP contribution in [0.2, 0.25) is 15.1 Å². The van der Waals surface area contributed by atoms with Gasteiger partial charge in [-0.25, -0.2) is 0 Å². The van der Waals surface area contributed by atoms with Crippen LogP contribution >= 0.6 is 34.8 Å². The van der Waals surface area contributed by atoms with Crippen LogP contribution in [0, 0.1) is 5.92 Å². The van der Waals surface area contributed by atoms with Crippen LogP contribution in [0.5, 0.6) is 0 Å². The predicted octanol–water partition coefficient (Wildman–Crippen LogP) is 5.23. The summed E-state index contributed by atoms with van der Waals surface area (Å²) in [5, 5.41) is 8.74.